The number of carboxylic acid groups (broad SMARTS) is 1. The van der Waals surface area contributed by atoms with Crippen molar-refractivity contribution in [1.82, 2.24) is 10.2 Å². The number of carboxylic acids is 1. The molecule has 2 aliphatic rings. The van der Waals surface area contributed by atoms with E-state index in [1.54, 1.807) is 13.8 Å². The number of likely N-dealkylation sites (tertiary alicyclic amines) is 1. The van der Waals surface area contributed by atoms with Crippen molar-refractivity contribution in [1.29, 1.82) is 0 Å². The number of carbonyl (C=O) groups is 3. The Morgan fingerprint density at radius 3 is 2.69 bits per heavy atom. The van der Waals surface area contributed by atoms with E-state index < -0.39 is 24.1 Å². The molecule has 7 nitrogen and oxygen atoms in total. The summed E-state index contributed by atoms with van der Waals surface area (Å²) in [5, 5.41) is 12.9. The van der Waals surface area contributed by atoms with Crippen LogP contribution >= 0.6 is 11.8 Å². The molecule has 3 rings (SSSR count). The third-order valence-corrected chi connectivity index (χ3v) is 7.83. The lowest BCUT2D eigenvalue weighted by molar-refractivity contribution is -0.150. The highest BCUT2D eigenvalue weighted by atomic mass is 32.2. The van der Waals surface area contributed by atoms with Crippen LogP contribution in [0.5, 0.6) is 0 Å². The molecule has 0 radical (unpaired) electrons. The Morgan fingerprint density at radius 2 is 2.06 bits per heavy atom. The Morgan fingerprint density at radius 1 is 1.31 bits per heavy atom. The van der Waals surface area contributed by atoms with E-state index in [0.29, 0.717) is 25.8 Å². The predicted octanol–water partition coefficient (Wildman–Crippen LogP) is 2.73. The number of aliphatic carboxylic acids is 1. The average Bonchev–Trinajstić information content (AvgIpc) is 3.16. The van der Waals surface area contributed by atoms with Crippen molar-refractivity contribution < 1.29 is 24.2 Å². The summed E-state index contributed by atoms with van der Waals surface area (Å²) in [6, 6.07) is 7.71. The third-order valence-electron chi connectivity index (χ3n) is 6.44. The SMILES string of the molecule is CCOC(=O)C(CCc1ccccc1)N[C@@H](C)C(=O)N1CC2(CCCSC2)C[C@H]1C(=O)O. The lowest BCUT2D eigenvalue weighted by Gasteiger charge is -2.33. The minimum atomic E-state index is -0.955. The first kappa shape index (κ1) is 24.6. The van der Waals surface area contributed by atoms with Crippen LogP contribution in [0.3, 0.4) is 0 Å². The molecule has 1 aromatic rings. The quantitative estimate of drug-likeness (QED) is 0.545. The normalized spacial score (nSPS) is 24.8. The molecule has 0 aliphatic carbocycles. The molecule has 32 heavy (non-hydrogen) atoms. The Balaban J connectivity index is 1.68. The molecule has 4 atom stereocenters. The number of hydrogen-bond acceptors (Lipinski definition) is 6. The first-order valence-electron chi connectivity index (χ1n) is 11.4. The molecule has 8 heteroatoms. The van der Waals surface area contributed by atoms with Gasteiger partial charge in [-0.25, -0.2) is 4.79 Å². The van der Waals surface area contributed by atoms with Gasteiger partial charge in [-0.05, 0) is 62.7 Å². The van der Waals surface area contributed by atoms with Gasteiger partial charge in [-0.15, -0.1) is 0 Å². The molecule has 176 valence electrons. The van der Waals surface area contributed by atoms with Crippen molar-refractivity contribution in [3.8, 4) is 0 Å². The molecular formula is C24H34N2O5S. The van der Waals surface area contributed by atoms with Gasteiger partial charge in [-0.1, -0.05) is 30.3 Å². The summed E-state index contributed by atoms with van der Waals surface area (Å²) in [6.45, 7) is 4.19. The van der Waals surface area contributed by atoms with Crippen LogP contribution in [0.25, 0.3) is 0 Å². The van der Waals surface area contributed by atoms with Crippen LogP contribution in [0.2, 0.25) is 0 Å². The molecule has 1 aromatic carbocycles. The first-order valence-corrected chi connectivity index (χ1v) is 12.6. The number of thioether (sulfide) groups is 1. The van der Waals surface area contributed by atoms with Crippen molar-refractivity contribution in [3.63, 3.8) is 0 Å². The van der Waals surface area contributed by atoms with E-state index in [9.17, 15) is 19.5 Å². The Kier molecular flexibility index (Phi) is 8.59. The molecular weight excluding hydrogens is 428 g/mol. The van der Waals surface area contributed by atoms with Gasteiger partial charge in [-0.3, -0.25) is 14.9 Å². The lowest BCUT2D eigenvalue weighted by Crippen LogP contribution is -2.53. The highest BCUT2D eigenvalue weighted by Gasteiger charge is 2.50. The summed E-state index contributed by atoms with van der Waals surface area (Å²) in [5.74, 6) is 0.376. The van der Waals surface area contributed by atoms with Crippen LogP contribution in [-0.4, -0.2) is 70.6 Å². The molecule has 1 spiro atoms. The fourth-order valence-corrected chi connectivity index (χ4v) is 6.07. The zero-order valence-electron chi connectivity index (χ0n) is 18.9. The molecule has 0 bridgehead atoms. The van der Waals surface area contributed by atoms with Crippen LogP contribution in [-0.2, 0) is 25.5 Å². The number of benzene rings is 1. The van der Waals surface area contributed by atoms with Gasteiger partial charge in [0.1, 0.15) is 12.1 Å². The van der Waals surface area contributed by atoms with Crippen LogP contribution in [0.15, 0.2) is 30.3 Å². The molecule has 1 amide bonds. The smallest absolute Gasteiger partial charge is 0.326 e. The summed E-state index contributed by atoms with van der Waals surface area (Å²) >= 11 is 1.84. The van der Waals surface area contributed by atoms with E-state index in [4.69, 9.17) is 4.74 Å². The maximum absolute atomic E-state index is 13.3. The Bertz CT molecular complexity index is 797. The van der Waals surface area contributed by atoms with E-state index >= 15 is 0 Å². The monoisotopic (exact) mass is 462 g/mol. The van der Waals surface area contributed by atoms with Gasteiger partial charge in [0.05, 0.1) is 12.6 Å². The van der Waals surface area contributed by atoms with Gasteiger partial charge in [0.15, 0.2) is 0 Å². The number of ether oxygens (including phenoxy) is 1. The number of amides is 1. The second-order valence-electron chi connectivity index (χ2n) is 8.90. The summed E-state index contributed by atoms with van der Waals surface area (Å²) in [7, 11) is 0. The van der Waals surface area contributed by atoms with Crippen LogP contribution in [0.4, 0.5) is 0 Å². The van der Waals surface area contributed by atoms with E-state index in [2.05, 4.69) is 5.32 Å². The van der Waals surface area contributed by atoms with Crippen LogP contribution in [0, 0.1) is 5.41 Å². The van der Waals surface area contributed by atoms with Crippen molar-refractivity contribution in [2.24, 2.45) is 5.41 Å². The maximum atomic E-state index is 13.3. The van der Waals surface area contributed by atoms with Crippen molar-refractivity contribution in [2.75, 3.05) is 24.7 Å². The minimum Gasteiger partial charge on any atom is -0.480 e. The first-order chi connectivity index (χ1) is 15.3. The van der Waals surface area contributed by atoms with E-state index in [-0.39, 0.29) is 23.9 Å². The van der Waals surface area contributed by atoms with Gasteiger partial charge in [0, 0.05) is 12.3 Å². The molecule has 2 fully saturated rings. The number of carbonyl (C=O) groups excluding carboxylic acids is 2. The fraction of sp³-hybridized carbons (Fsp3) is 0.625. The van der Waals surface area contributed by atoms with Gasteiger partial charge in [0.2, 0.25) is 5.91 Å². The Labute approximate surface area is 194 Å². The third kappa shape index (κ3) is 6.04. The predicted molar refractivity (Wildman–Crippen MR) is 125 cm³/mol. The summed E-state index contributed by atoms with van der Waals surface area (Å²) < 4.78 is 5.22. The average molecular weight is 463 g/mol. The number of aryl methyl sites for hydroxylation is 1. The fourth-order valence-electron chi connectivity index (χ4n) is 4.79. The number of hydrogen-bond donors (Lipinski definition) is 2. The second-order valence-corrected chi connectivity index (χ2v) is 10.0. The van der Waals surface area contributed by atoms with Crippen molar-refractivity contribution in [2.45, 2.75) is 64.1 Å². The van der Waals surface area contributed by atoms with Crippen molar-refractivity contribution in [3.05, 3.63) is 35.9 Å². The largest absolute Gasteiger partial charge is 0.480 e. The summed E-state index contributed by atoms with van der Waals surface area (Å²) in [5.41, 5.74) is 0.986. The maximum Gasteiger partial charge on any atom is 0.326 e. The molecule has 2 N–H and O–H groups in total. The van der Waals surface area contributed by atoms with Gasteiger partial charge in [-0.2, -0.15) is 11.8 Å². The Hall–Kier alpha value is -2.06. The van der Waals surface area contributed by atoms with E-state index in [1.807, 2.05) is 42.1 Å². The van der Waals surface area contributed by atoms with Gasteiger partial charge >= 0.3 is 11.9 Å². The summed E-state index contributed by atoms with van der Waals surface area (Å²) in [6.07, 6.45) is 3.67. The van der Waals surface area contributed by atoms with Crippen molar-refractivity contribution >= 4 is 29.6 Å². The number of rotatable bonds is 9. The lowest BCUT2D eigenvalue weighted by atomic mass is 9.83. The molecule has 2 saturated heterocycles. The second kappa shape index (κ2) is 11.2. The molecule has 2 unspecified atom stereocenters. The molecule has 2 aliphatic heterocycles. The van der Waals surface area contributed by atoms with Gasteiger partial charge in [0.25, 0.3) is 0 Å². The standard InChI is InChI=1S/C24H34N2O5S/c1-3-31-23(30)19(11-10-18-8-5-4-6-9-18)25-17(2)21(27)26-15-24(12-7-13-32-16-24)14-20(26)22(28)29/h4-6,8-9,17,19-20,25H,3,7,10-16H2,1-2H3,(H,28,29)/t17-,19?,20-,24?/m0/s1. The van der Waals surface area contributed by atoms with Crippen LogP contribution < -0.4 is 5.32 Å². The van der Waals surface area contributed by atoms with E-state index in [1.165, 1.54) is 4.90 Å². The summed E-state index contributed by atoms with van der Waals surface area (Å²) in [4.78, 5) is 39.3. The van der Waals surface area contributed by atoms with Gasteiger partial charge < -0.3 is 14.7 Å². The number of nitrogens with one attached hydrogen (secondary N) is 1. The zero-order chi connectivity index (χ0) is 23.1. The number of nitrogens with zero attached hydrogens (tertiary/aromatic N) is 1. The topological polar surface area (TPSA) is 95.9 Å². The molecule has 0 saturated carbocycles. The minimum absolute atomic E-state index is 0.116. The number of esters is 1. The van der Waals surface area contributed by atoms with Crippen LogP contribution in [0.1, 0.15) is 45.1 Å². The molecule has 2 heterocycles. The zero-order valence-corrected chi connectivity index (χ0v) is 19.7. The highest BCUT2D eigenvalue weighted by molar-refractivity contribution is 7.99. The molecule has 0 aromatic heterocycles. The van der Waals surface area contributed by atoms with E-state index in [0.717, 1.165) is 29.9 Å². The highest BCUT2D eigenvalue weighted by Crippen LogP contribution is 2.44.